The van der Waals surface area contributed by atoms with Crippen molar-refractivity contribution in [1.82, 2.24) is 0 Å². The van der Waals surface area contributed by atoms with Gasteiger partial charge in [-0.2, -0.15) is 13.2 Å². The van der Waals surface area contributed by atoms with Gasteiger partial charge in [0.05, 0.1) is 5.92 Å². The first-order valence-electron chi connectivity index (χ1n) is 5.22. The van der Waals surface area contributed by atoms with Crippen LogP contribution in [0.5, 0.6) is 0 Å². The number of hydrogen-bond donors (Lipinski definition) is 1. The minimum absolute atomic E-state index is 0. The highest BCUT2D eigenvalue weighted by Gasteiger charge is 2.45. The molecule has 0 aromatic heterocycles. The lowest BCUT2D eigenvalue weighted by atomic mass is 9.85. The number of alkyl halides is 3. The second-order valence-electron chi connectivity index (χ2n) is 4.42. The second-order valence-corrected chi connectivity index (χ2v) is 4.42. The molecule has 1 nitrogen and oxygen atoms in total. The maximum Gasteiger partial charge on any atom is 0.392 e. The fraction of sp³-hybridized carbons (Fsp3) is 1.00. The van der Waals surface area contributed by atoms with Crippen LogP contribution in [-0.2, 0) is 0 Å². The molecule has 4 heteroatoms. The number of halogens is 3. The Hall–Kier alpha value is -0.250. The van der Waals surface area contributed by atoms with Crippen LogP contribution in [0, 0.1) is 17.8 Å². The van der Waals surface area contributed by atoms with Gasteiger partial charge in [-0.05, 0) is 31.2 Å². The zero-order chi connectivity index (χ0) is 10.8. The molecular formula is C11H22F3N. The van der Waals surface area contributed by atoms with Gasteiger partial charge in [-0.25, -0.2) is 0 Å². The summed E-state index contributed by atoms with van der Waals surface area (Å²) in [7, 11) is 0. The quantitative estimate of drug-likeness (QED) is 0.678. The standard InChI is InChI=1S/C10H18F3N.CH4/c1-7-3-2-4-8(6-14)9(5-7)10(11,12)13;/h7-9H,2-6,14H2,1H3;1H4. The molecule has 0 saturated heterocycles. The molecule has 0 bridgehead atoms. The normalized spacial score (nSPS) is 33.0. The monoisotopic (exact) mass is 225 g/mol. The zero-order valence-electron chi connectivity index (χ0n) is 8.48. The lowest BCUT2D eigenvalue weighted by Gasteiger charge is -2.27. The van der Waals surface area contributed by atoms with E-state index < -0.39 is 12.1 Å². The summed E-state index contributed by atoms with van der Waals surface area (Å²) in [6.07, 6.45) is -1.39. The van der Waals surface area contributed by atoms with Crippen molar-refractivity contribution >= 4 is 0 Å². The van der Waals surface area contributed by atoms with Gasteiger partial charge in [0.15, 0.2) is 0 Å². The van der Waals surface area contributed by atoms with Gasteiger partial charge < -0.3 is 5.73 Å². The van der Waals surface area contributed by atoms with Crippen molar-refractivity contribution in [3.63, 3.8) is 0 Å². The minimum atomic E-state index is -4.07. The van der Waals surface area contributed by atoms with Crippen LogP contribution in [-0.4, -0.2) is 12.7 Å². The van der Waals surface area contributed by atoms with E-state index in [0.717, 1.165) is 12.8 Å². The summed E-state index contributed by atoms with van der Waals surface area (Å²) in [6.45, 7) is 2.06. The van der Waals surface area contributed by atoms with Gasteiger partial charge >= 0.3 is 6.18 Å². The average Bonchev–Trinajstić information content (AvgIpc) is 2.25. The van der Waals surface area contributed by atoms with Gasteiger partial charge in [-0.15, -0.1) is 0 Å². The maximum atomic E-state index is 12.7. The molecule has 0 aromatic rings. The van der Waals surface area contributed by atoms with E-state index in [2.05, 4.69) is 0 Å². The molecule has 1 rings (SSSR count). The Bertz CT molecular complexity index is 179. The summed E-state index contributed by atoms with van der Waals surface area (Å²) >= 11 is 0. The van der Waals surface area contributed by atoms with E-state index in [9.17, 15) is 13.2 Å². The third-order valence-electron chi connectivity index (χ3n) is 3.22. The summed E-state index contributed by atoms with van der Waals surface area (Å²) in [5.41, 5.74) is 5.41. The van der Waals surface area contributed by atoms with Crippen LogP contribution in [0.4, 0.5) is 13.2 Å². The molecule has 0 spiro atoms. The Labute approximate surface area is 90.2 Å². The van der Waals surface area contributed by atoms with Crippen LogP contribution in [0.2, 0.25) is 0 Å². The Morgan fingerprint density at radius 3 is 2.33 bits per heavy atom. The fourth-order valence-electron chi connectivity index (χ4n) is 2.36. The topological polar surface area (TPSA) is 26.0 Å². The predicted octanol–water partition coefficient (Wildman–Crippen LogP) is 3.59. The van der Waals surface area contributed by atoms with Crippen molar-refractivity contribution in [2.24, 2.45) is 23.5 Å². The van der Waals surface area contributed by atoms with Gasteiger partial charge in [0.25, 0.3) is 0 Å². The molecule has 1 fully saturated rings. The molecule has 15 heavy (non-hydrogen) atoms. The Balaban J connectivity index is 0.00000196. The van der Waals surface area contributed by atoms with E-state index in [4.69, 9.17) is 5.73 Å². The molecule has 0 aromatic carbocycles. The smallest absolute Gasteiger partial charge is 0.330 e. The van der Waals surface area contributed by atoms with Crippen molar-refractivity contribution in [1.29, 1.82) is 0 Å². The highest BCUT2D eigenvalue weighted by atomic mass is 19.4. The van der Waals surface area contributed by atoms with Crippen LogP contribution in [0.15, 0.2) is 0 Å². The van der Waals surface area contributed by atoms with E-state index in [1.54, 1.807) is 0 Å². The summed E-state index contributed by atoms with van der Waals surface area (Å²) in [5.74, 6) is -1.36. The van der Waals surface area contributed by atoms with E-state index in [1.165, 1.54) is 0 Å². The van der Waals surface area contributed by atoms with E-state index in [0.29, 0.717) is 6.42 Å². The Morgan fingerprint density at radius 2 is 1.87 bits per heavy atom. The SMILES string of the molecule is C.CC1CCCC(CN)C(C(F)(F)F)C1. The molecule has 92 valence electrons. The first kappa shape index (κ1) is 14.8. The van der Waals surface area contributed by atoms with Gasteiger partial charge in [-0.1, -0.05) is 27.2 Å². The van der Waals surface area contributed by atoms with E-state index >= 15 is 0 Å². The van der Waals surface area contributed by atoms with Crippen molar-refractivity contribution in [3.8, 4) is 0 Å². The number of hydrogen-bond acceptors (Lipinski definition) is 1. The van der Waals surface area contributed by atoms with Crippen LogP contribution in [0.3, 0.4) is 0 Å². The largest absolute Gasteiger partial charge is 0.392 e. The molecule has 1 aliphatic carbocycles. The molecule has 1 aliphatic rings. The van der Waals surface area contributed by atoms with Crippen molar-refractivity contribution < 1.29 is 13.2 Å². The van der Waals surface area contributed by atoms with Crippen molar-refractivity contribution in [3.05, 3.63) is 0 Å². The second kappa shape index (κ2) is 5.73. The summed E-state index contributed by atoms with van der Waals surface area (Å²) in [6, 6.07) is 0. The molecule has 2 N–H and O–H groups in total. The first-order chi connectivity index (χ1) is 6.45. The Morgan fingerprint density at radius 1 is 1.27 bits per heavy atom. The fourth-order valence-corrected chi connectivity index (χ4v) is 2.36. The van der Waals surface area contributed by atoms with Crippen molar-refractivity contribution in [2.45, 2.75) is 46.2 Å². The van der Waals surface area contributed by atoms with Gasteiger partial charge in [0.1, 0.15) is 0 Å². The summed E-state index contributed by atoms with van der Waals surface area (Å²) < 4.78 is 38.0. The van der Waals surface area contributed by atoms with Gasteiger partial charge in [-0.3, -0.25) is 0 Å². The van der Waals surface area contributed by atoms with E-state index in [-0.39, 0.29) is 32.2 Å². The Kier molecular flexibility index (Phi) is 5.63. The summed E-state index contributed by atoms with van der Waals surface area (Å²) in [4.78, 5) is 0. The minimum Gasteiger partial charge on any atom is -0.330 e. The van der Waals surface area contributed by atoms with Gasteiger partial charge in [0.2, 0.25) is 0 Å². The highest BCUT2D eigenvalue weighted by Crippen LogP contribution is 2.41. The number of nitrogens with two attached hydrogens (primary N) is 1. The predicted molar refractivity (Wildman–Crippen MR) is 56.5 cm³/mol. The third-order valence-corrected chi connectivity index (χ3v) is 3.22. The first-order valence-corrected chi connectivity index (χ1v) is 5.22. The lowest BCUT2D eigenvalue weighted by Crippen LogP contribution is -2.34. The van der Waals surface area contributed by atoms with Crippen molar-refractivity contribution in [2.75, 3.05) is 6.54 Å². The molecule has 3 unspecified atom stereocenters. The third kappa shape index (κ3) is 4.01. The van der Waals surface area contributed by atoms with Gasteiger partial charge in [0, 0.05) is 0 Å². The highest BCUT2D eigenvalue weighted by molar-refractivity contribution is 4.81. The van der Waals surface area contributed by atoms with Crippen LogP contribution >= 0.6 is 0 Å². The van der Waals surface area contributed by atoms with E-state index in [1.807, 2.05) is 6.92 Å². The average molecular weight is 225 g/mol. The van der Waals surface area contributed by atoms with Crippen LogP contribution in [0.25, 0.3) is 0 Å². The molecule has 1 saturated carbocycles. The number of rotatable bonds is 1. The maximum absolute atomic E-state index is 12.7. The zero-order valence-corrected chi connectivity index (χ0v) is 8.48. The molecule has 0 heterocycles. The van der Waals surface area contributed by atoms with Crippen LogP contribution < -0.4 is 5.73 Å². The molecule has 0 aliphatic heterocycles. The lowest BCUT2D eigenvalue weighted by molar-refractivity contribution is -0.191. The molecule has 0 radical (unpaired) electrons. The summed E-state index contributed by atoms with van der Waals surface area (Å²) in [5, 5.41) is 0. The molecular weight excluding hydrogens is 203 g/mol. The van der Waals surface area contributed by atoms with Crippen LogP contribution in [0.1, 0.15) is 40.0 Å². The molecule has 3 atom stereocenters. The molecule has 0 amide bonds.